The Morgan fingerprint density at radius 1 is 1.25 bits per heavy atom. The number of thiazole rings is 1. The average molecular weight is 320 g/mol. The molecule has 0 spiro atoms. The zero-order valence-electron chi connectivity index (χ0n) is 11.0. The van der Waals surface area contributed by atoms with Crippen molar-refractivity contribution in [3.8, 4) is 0 Å². The lowest BCUT2D eigenvalue weighted by molar-refractivity contribution is 0.265. The Kier molecular flexibility index (Phi) is 6.32. The van der Waals surface area contributed by atoms with Crippen molar-refractivity contribution in [1.82, 2.24) is 9.88 Å². The van der Waals surface area contributed by atoms with E-state index in [1.54, 1.807) is 6.20 Å². The third kappa shape index (κ3) is 4.13. The number of halogens is 3. The molecule has 0 aliphatic carbocycles. The molecule has 0 fully saturated rings. The van der Waals surface area contributed by atoms with Crippen LogP contribution in [0.1, 0.15) is 17.4 Å². The number of hydrogen-bond acceptors (Lipinski definition) is 4. The first-order valence-corrected chi connectivity index (χ1v) is 6.77. The molecule has 0 aliphatic heterocycles. The molecule has 0 radical (unpaired) electrons. The summed E-state index contributed by atoms with van der Waals surface area (Å²) in [7, 11) is 0. The molecule has 0 aliphatic rings. The molecular formula is C13H16ClF2N3S. The smallest absolute Gasteiger partial charge is 0.180 e. The highest BCUT2D eigenvalue weighted by Crippen LogP contribution is 2.19. The molecular weight excluding hydrogens is 304 g/mol. The minimum Gasteiger partial charge on any atom is -0.375 e. The van der Waals surface area contributed by atoms with Gasteiger partial charge in [-0.05, 0) is 18.7 Å². The van der Waals surface area contributed by atoms with Gasteiger partial charge in [0, 0.05) is 29.7 Å². The fraction of sp³-hybridized carbons (Fsp3) is 0.308. The van der Waals surface area contributed by atoms with E-state index < -0.39 is 11.6 Å². The first-order valence-electron chi connectivity index (χ1n) is 5.95. The number of hydrogen-bond donors (Lipinski definition) is 1. The number of nitrogens with two attached hydrogens (primary N) is 1. The van der Waals surface area contributed by atoms with Crippen molar-refractivity contribution in [1.29, 1.82) is 0 Å². The van der Waals surface area contributed by atoms with Crippen LogP contribution in [0.5, 0.6) is 0 Å². The zero-order chi connectivity index (χ0) is 13.8. The van der Waals surface area contributed by atoms with Gasteiger partial charge in [0.2, 0.25) is 0 Å². The fourth-order valence-corrected chi connectivity index (χ4v) is 2.53. The molecule has 7 heteroatoms. The van der Waals surface area contributed by atoms with Crippen LogP contribution in [0, 0.1) is 11.6 Å². The lowest BCUT2D eigenvalue weighted by Gasteiger charge is -2.20. The molecule has 2 N–H and O–H groups in total. The molecule has 0 saturated carbocycles. The van der Waals surface area contributed by atoms with Gasteiger partial charge in [-0.25, -0.2) is 13.8 Å². The maximum absolute atomic E-state index is 13.6. The molecule has 0 bridgehead atoms. The summed E-state index contributed by atoms with van der Waals surface area (Å²) in [6.07, 6.45) is 1.69. The van der Waals surface area contributed by atoms with E-state index in [0.29, 0.717) is 18.2 Å². The Balaban J connectivity index is 0.00000200. The molecule has 0 amide bonds. The summed E-state index contributed by atoms with van der Waals surface area (Å²) >= 11 is 1.39. The molecule has 0 atom stereocenters. The van der Waals surface area contributed by atoms with Gasteiger partial charge in [-0.15, -0.1) is 23.7 Å². The average Bonchev–Trinajstić information content (AvgIpc) is 2.78. The van der Waals surface area contributed by atoms with Gasteiger partial charge in [-0.3, -0.25) is 4.90 Å². The van der Waals surface area contributed by atoms with Crippen LogP contribution in [-0.4, -0.2) is 16.4 Å². The van der Waals surface area contributed by atoms with Crippen LogP contribution in [-0.2, 0) is 13.1 Å². The largest absolute Gasteiger partial charge is 0.375 e. The van der Waals surface area contributed by atoms with E-state index in [1.807, 2.05) is 11.8 Å². The van der Waals surface area contributed by atoms with Gasteiger partial charge in [-0.2, -0.15) is 0 Å². The summed E-state index contributed by atoms with van der Waals surface area (Å²) in [6.45, 7) is 3.45. The number of nitrogen functional groups attached to an aromatic ring is 1. The summed E-state index contributed by atoms with van der Waals surface area (Å²) in [4.78, 5) is 6.89. The quantitative estimate of drug-likeness (QED) is 0.918. The number of anilines is 1. The van der Waals surface area contributed by atoms with Crippen molar-refractivity contribution in [2.75, 3.05) is 12.3 Å². The number of aromatic nitrogens is 1. The van der Waals surface area contributed by atoms with E-state index in [-0.39, 0.29) is 24.5 Å². The van der Waals surface area contributed by atoms with E-state index in [0.717, 1.165) is 4.88 Å². The molecule has 3 nitrogen and oxygen atoms in total. The van der Waals surface area contributed by atoms with Gasteiger partial charge in [-0.1, -0.05) is 13.0 Å². The molecule has 0 unspecified atom stereocenters. The van der Waals surface area contributed by atoms with Crippen LogP contribution in [0.15, 0.2) is 24.4 Å². The number of benzene rings is 1. The maximum atomic E-state index is 13.6. The molecule has 1 heterocycles. The van der Waals surface area contributed by atoms with E-state index in [1.165, 1.54) is 29.5 Å². The first-order chi connectivity index (χ1) is 9.10. The molecule has 1 aromatic heterocycles. The van der Waals surface area contributed by atoms with Gasteiger partial charge in [0.05, 0.1) is 0 Å². The summed E-state index contributed by atoms with van der Waals surface area (Å²) < 4.78 is 27.2. The van der Waals surface area contributed by atoms with Crippen LogP contribution in [0.2, 0.25) is 0 Å². The Morgan fingerprint density at radius 2 is 1.90 bits per heavy atom. The summed E-state index contributed by atoms with van der Waals surface area (Å²) in [6, 6.07) is 3.92. The normalized spacial score (nSPS) is 10.6. The van der Waals surface area contributed by atoms with Gasteiger partial charge >= 0.3 is 0 Å². The van der Waals surface area contributed by atoms with Crippen LogP contribution in [0.25, 0.3) is 0 Å². The van der Waals surface area contributed by atoms with Gasteiger partial charge in [0.15, 0.2) is 5.13 Å². The van der Waals surface area contributed by atoms with Crippen molar-refractivity contribution in [3.05, 3.63) is 46.5 Å². The Labute approximate surface area is 126 Å². The summed E-state index contributed by atoms with van der Waals surface area (Å²) in [5.41, 5.74) is 5.66. The highest BCUT2D eigenvalue weighted by Gasteiger charge is 2.13. The maximum Gasteiger partial charge on any atom is 0.180 e. The van der Waals surface area contributed by atoms with E-state index in [2.05, 4.69) is 4.98 Å². The van der Waals surface area contributed by atoms with E-state index >= 15 is 0 Å². The van der Waals surface area contributed by atoms with Crippen LogP contribution >= 0.6 is 23.7 Å². The number of rotatable bonds is 5. The first kappa shape index (κ1) is 16.8. The Hall–Kier alpha value is -1.24. The molecule has 1 aromatic carbocycles. The molecule has 2 rings (SSSR count). The Morgan fingerprint density at radius 3 is 2.40 bits per heavy atom. The van der Waals surface area contributed by atoms with Crippen LogP contribution < -0.4 is 5.73 Å². The monoisotopic (exact) mass is 319 g/mol. The topological polar surface area (TPSA) is 42.2 Å². The number of nitrogens with zero attached hydrogens (tertiary/aromatic N) is 2. The van der Waals surface area contributed by atoms with Crippen molar-refractivity contribution in [2.45, 2.75) is 20.0 Å². The minimum absolute atomic E-state index is 0. The third-order valence-electron chi connectivity index (χ3n) is 2.84. The minimum atomic E-state index is -0.512. The van der Waals surface area contributed by atoms with Gasteiger partial charge in [0.25, 0.3) is 0 Å². The standard InChI is InChI=1S/C13H15F2N3S.ClH/c1-2-18(7-9-6-17-13(16)19-9)8-10-11(14)4-3-5-12(10)15;/h3-6H,2,7-8H2,1H3,(H2,16,17);1H. The summed E-state index contributed by atoms with van der Waals surface area (Å²) in [5, 5.41) is 0.503. The lowest BCUT2D eigenvalue weighted by Crippen LogP contribution is -2.23. The second-order valence-corrected chi connectivity index (χ2v) is 5.32. The van der Waals surface area contributed by atoms with Crippen LogP contribution in [0.4, 0.5) is 13.9 Å². The predicted molar refractivity (Wildman–Crippen MR) is 79.9 cm³/mol. The van der Waals surface area contributed by atoms with Gasteiger partial charge < -0.3 is 5.73 Å². The van der Waals surface area contributed by atoms with Crippen LogP contribution in [0.3, 0.4) is 0 Å². The lowest BCUT2D eigenvalue weighted by atomic mass is 10.2. The molecule has 20 heavy (non-hydrogen) atoms. The zero-order valence-corrected chi connectivity index (χ0v) is 12.6. The Bertz CT molecular complexity index is 542. The predicted octanol–water partition coefficient (Wildman–Crippen LogP) is 3.45. The SMILES string of the molecule is CCN(Cc1cnc(N)s1)Cc1c(F)cccc1F.Cl. The fourth-order valence-electron chi connectivity index (χ4n) is 1.80. The highest BCUT2D eigenvalue weighted by molar-refractivity contribution is 7.15. The molecule has 2 aromatic rings. The van der Waals surface area contributed by atoms with Crippen molar-refractivity contribution >= 4 is 28.9 Å². The third-order valence-corrected chi connectivity index (χ3v) is 3.65. The van der Waals surface area contributed by atoms with Gasteiger partial charge in [0.1, 0.15) is 11.6 Å². The summed E-state index contributed by atoms with van der Waals surface area (Å²) in [5.74, 6) is -1.02. The second kappa shape index (κ2) is 7.52. The highest BCUT2D eigenvalue weighted by atomic mass is 35.5. The van der Waals surface area contributed by atoms with Crippen molar-refractivity contribution in [3.63, 3.8) is 0 Å². The van der Waals surface area contributed by atoms with Crippen molar-refractivity contribution < 1.29 is 8.78 Å². The van der Waals surface area contributed by atoms with E-state index in [9.17, 15) is 8.78 Å². The molecule has 0 saturated heterocycles. The van der Waals surface area contributed by atoms with E-state index in [4.69, 9.17) is 5.73 Å². The van der Waals surface area contributed by atoms with Crippen molar-refractivity contribution in [2.24, 2.45) is 0 Å². The second-order valence-electron chi connectivity index (χ2n) is 4.17. The molecule has 110 valence electrons.